The van der Waals surface area contributed by atoms with Crippen molar-refractivity contribution in [3.05, 3.63) is 30.1 Å². The molecule has 0 aromatic carbocycles. The minimum atomic E-state index is -0.792. The molecular weight excluding hydrogens is 314 g/mol. The molecule has 3 fully saturated rings. The third-order valence-corrected chi connectivity index (χ3v) is 6.44. The van der Waals surface area contributed by atoms with Crippen LogP contribution in [-0.2, 0) is 10.4 Å². The Morgan fingerprint density at radius 2 is 2.08 bits per heavy atom. The fourth-order valence-corrected chi connectivity index (χ4v) is 5.12. The Morgan fingerprint density at radius 1 is 1.32 bits per heavy atom. The first-order valence-corrected chi connectivity index (χ1v) is 9.71. The number of hydrogen-bond donors (Lipinski definition) is 1. The summed E-state index contributed by atoms with van der Waals surface area (Å²) in [6.45, 7) is 4.57. The van der Waals surface area contributed by atoms with Gasteiger partial charge in [-0.25, -0.2) is 0 Å². The molecule has 1 N–H and O–H groups in total. The number of carbonyl (C=O) groups excluding carboxylic acids is 1. The lowest BCUT2D eigenvalue weighted by atomic mass is 9.81. The number of rotatable bonds is 3. The second-order valence-electron chi connectivity index (χ2n) is 8.33. The number of fused-ring (bicyclic) bond motifs is 2. The Labute approximate surface area is 150 Å². The number of hydrogen-bond acceptors (Lipinski definition) is 4. The van der Waals surface area contributed by atoms with Crippen LogP contribution in [-0.4, -0.2) is 57.5 Å². The molecule has 5 heteroatoms. The zero-order chi connectivity index (χ0) is 17.4. The van der Waals surface area contributed by atoms with Crippen molar-refractivity contribution in [2.45, 2.75) is 63.1 Å². The van der Waals surface area contributed by atoms with E-state index in [1.165, 1.54) is 6.42 Å². The minimum absolute atomic E-state index is 0.273. The molecule has 4 heterocycles. The third kappa shape index (κ3) is 3.32. The summed E-state index contributed by atoms with van der Waals surface area (Å²) in [4.78, 5) is 21.4. The highest BCUT2D eigenvalue weighted by molar-refractivity contribution is 5.78. The minimum Gasteiger partial charge on any atom is -0.385 e. The molecule has 136 valence electrons. The molecule has 0 radical (unpaired) electrons. The average molecular weight is 343 g/mol. The Hall–Kier alpha value is -1.46. The summed E-state index contributed by atoms with van der Waals surface area (Å²) in [5.41, 5.74) is 0.127. The number of piperidine rings is 2. The summed E-state index contributed by atoms with van der Waals surface area (Å²) in [6, 6.07) is 4.47. The molecule has 3 aliphatic rings. The highest BCUT2D eigenvalue weighted by Crippen LogP contribution is 2.45. The van der Waals surface area contributed by atoms with Crippen molar-refractivity contribution >= 4 is 5.91 Å². The van der Waals surface area contributed by atoms with Gasteiger partial charge in [0.2, 0.25) is 5.91 Å². The zero-order valence-corrected chi connectivity index (χ0v) is 15.1. The molecule has 2 bridgehead atoms. The number of likely N-dealkylation sites (tertiary alicyclic amines) is 1. The molecule has 0 spiro atoms. The van der Waals surface area contributed by atoms with Crippen LogP contribution in [0.2, 0.25) is 0 Å². The van der Waals surface area contributed by atoms with Crippen LogP contribution in [0.3, 0.4) is 0 Å². The molecule has 25 heavy (non-hydrogen) atoms. The topological polar surface area (TPSA) is 56.7 Å². The average Bonchev–Trinajstić information content (AvgIpc) is 2.86. The predicted molar refractivity (Wildman–Crippen MR) is 95.9 cm³/mol. The monoisotopic (exact) mass is 343 g/mol. The summed E-state index contributed by atoms with van der Waals surface area (Å²) >= 11 is 0. The number of pyridine rings is 1. The maximum Gasteiger partial charge on any atom is 0.236 e. The van der Waals surface area contributed by atoms with E-state index in [4.69, 9.17) is 0 Å². The fourth-order valence-electron chi connectivity index (χ4n) is 5.12. The summed E-state index contributed by atoms with van der Waals surface area (Å²) in [5.74, 6) is 0.890. The van der Waals surface area contributed by atoms with Crippen LogP contribution in [0.25, 0.3) is 0 Å². The van der Waals surface area contributed by atoms with Crippen molar-refractivity contribution < 1.29 is 9.90 Å². The van der Waals surface area contributed by atoms with Gasteiger partial charge in [0.05, 0.1) is 12.1 Å². The number of nitrogens with zero attached hydrogens (tertiary/aromatic N) is 3. The van der Waals surface area contributed by atoms with Crippen LogP contribution in [0.5, 0.6) is 0 Å². The van der Waals surface area contributed by atoms with Gasteiger partial charge in [-0.15, -0.1) is 0 Å². The van der Waals surface area contributed by atoms with Crippen LogP contribution < -0.4 is 0 Å². The Balaban J connectivity index is 1.43. The van der Waals surface area contributed by atoms with Crippen LogP contribution in [0.15, 0.2) is 24.5 Å². The Morgan fingerprint density at radius 3 is 2.72 bits per heavy atom. The predicted octanol–water partition coefficient (Wildman–Crippen LogP) is 2.15. The van der Waals surface area contributed by atoms with Gasteiger partial charge < -0.3 is 10.0 Å². The molecule has 0 saturated carbocycles. The highest BCUT2D eigenvalue weighted by atomic mass is 16.3. The molecule has 1 aromatic heterocycles. The van der Waals surface area contributed by atoms with E-state index in [1.54, 1.807) is 12.4 Å². The van der Waals surface area contributed by atoms with E-state index in [2.05, 4.69) is 21.7 Å². The SMILES string of the molecule is CC1CCCN(C(=O)CN2C3CCC2CC(O)(c2cccnc2)C3)C1. The van der Waals surface area contributed by atoms with Crippen LogP contribution >= 0.6 is 0 Å². The number of amides is 1. The maximum atomic E-state index is 12.8. The number of aliphatic hydroxyl groups is 1. The Kier molecular flexibility index (Phi) is 4.54. The van der Waals surface area contributed by atoms with Crippen LogP contribution in [0, 0.1) is 5.92 Å². The molecular formula is C20H29N3O2. The first kappa shape index (κ1) is 17.0. The Bertz CT molecular complexity index is 607. The van der Waals surface area contributed by atoms with Crippen molar-refractivity contribution in [3.63, 3.8) is 0 Å². The van der Waals surface area contributed by atoms with Gasteiger partial charge >= 0.3 is 0 Å². The molecule has 3 unspecified atom stereocenters. The van der Waals surface area contributed by atoms with Crippen molar-refractivity contribution in [2.75, 3.05) is 19.6 Å². The van der Waals surface area contributed by atoms with Crippen molar-refractivity contribution in [2.24, 2.45) is 5.92 Å². The largest absolute Gasteiger partial charge is 0.385 e. The van der Waals surface area contributed by atoms with E-state index < -0.39 is 5.60 Å². The van der Waals surface area contributed by atoms with E-state index in [9.17, 15) is 9.90 Å². The lowest BCUT2D eigenvalue weighted by Crippen LogP contribution is -2.53. The first-order valence-electron chi connectivity index (χ1n) is 9.71. The number of aromatic nitrogens is 1. The van der Waals surface area contributed by atoms with Gasteiger partial charge in [0, 0.05) is 43.1 Å². The van der Waals surface area contributed by atoms with E-state index in [1.807, 2.05) is 12.1 Å². The van der Waals surface area contributed by atoms with E-state index in [-0.39, 0.29) is 5.91 Å². The summed E-state index contributed by atoms with van der Waals surface area (Å²) in [5, 5.41) is 11.2. The smallest absolute Gasteiger partial charge is 0.236 e. The fraction of sp³-hybridized carbons (Fsp3) is 0.700. The van der Waals surface area contributed by atoms with E-state index >= 15 is 0 Å². The lowest BCUT2D eigenvalue weighted by Gasteiger charge is -2.44. The molecule has 3 aliphatic heterocycles. The van der Waals surface area contributed by atoms with Gasteiger partial charge in [-0.1, -0.05) is 13.0 Å². The van der Waals surface area contributed by atoms with Gasteiger partial charge in [-0.3, -0.25) is 14.7 Å². The molecule has 5 nitrogen and oxygen atoms in total. The number of carbonyl (C=O) groups is 1. The molecule has 3 saturated heterocycles. The van der Waals surface area contributed by atoms with Crippen molar-refractivity contribution in [1.29, 1.82) is 0 Å². The normalized spacial score (nSPS) is 35.8. The van der Waals surface area contributed by atoms with Gasteiger partial charge in [0.15, 0.2) is 0 Å². The molecule has 3 atom stereocenters. The second kappa shape index (κ2) is 6.69. The van der Waals surface area contributed by atoms with E-state index in [0.29, 0.717) is 37.4 Å². The van der Waals surface area contributed by atoms with Crippen LogP contribution in [0.4, 0.5) is 0 Å². The van der Waals surface area contributed by atoms with E-state index in [0.717, 1.165) is 37.9 Å². The van der Waals surface area contributed by atoms with Gasteiger partial charge in [0.1, 0.15) is 0 Å². The van der Waals surface area contributed by atoms with Crippen molar-refractivity contribution in [1.82, 2.24) is 14.8 Å². The lowest BCUT2D eigenvalue weighted by molar-refractivity contribution is -0.137. The molecule has 0 aliphatic carbocycles. The highest BCUT2D eigenvalue weighted by Gasteiger charge is 2.49. The zero-order valence-electron chi connectivity index (χ0n) is 15.1. The standard InChI is InChI=1S/C20H29N3O2/c1-15-4-3-9-22(13-15)19(24)14-23-17-6-7-18(23)11-20(25,10-17)16-5-2-8-21-12-16/h2,5,8,12,15,17-18,25H,3-4,6-7,9-11,13-14H2,1H3. The van der Waals surface area contributed by atoms with Crippen molar-refractivity contribution in [3.8, 4) is 0 Å². The summed E-state index contributed by atoms with van der Waals surface area (Å²) in [7, 11) is 0. The molecule has 1 amide bonds. The molecule has 4 rings (SSSR count). The second-order valence-corrected chi connectivity index (χ2v) is 8.33. The summed E-state index contributed by atoms with van der Waals surface area (Å²) in [6.07, 6.45) is 9.47. The summed E-state index contributed by atoms with van der Waals surface area (Å²) < 4.78 is 0. The van der Waals surface area contributed by atoms with Gasteiger partial charge in [-0.05, 0) is 50.5 Å². The third-order valence-electron chi connectivity index (χ3n) is 6.44. The van der Waals surface area contributed by atoms with Gasteiger partial charge in [-0.2, -0.15) is 0 Å². The van der Waals surface area contributed by atoms with Gasteiger partial charge in [0.25, 0.3) is 0 Å². The molecule has 1 aromatic rings. The first-order chi connectivity index (χ1) is 12.0. The maximum absolute atomic E-state index is 12.8. The quantitative estimate of drug-likeness (QED) is 0.914. The van der Waals surface area contributed by atoms with Crippen LogP contribution in [0.1, 0.15) is 51.0 Å².